The largest absolute Gasteiger partial charge is 0.483 e. The molecule has 2 rings (SSSR count). The van der Waals surface area contributed by atoms with Crippen molar-refractivity contribution in [2.24, 2.45) is 0 Å². The van der Waals surface area contributed by atoms with Crippen LogP contribution in [0.2, 0.25) is 5.02 Å². The summed E-state index contributed by atoms with van der Waals surface area (Å²) in [4.78, 5) is 3.54. The first-order valence-electron chi connectivity index (χ1n) is 5.30. The van der Waals surface area contributed by atoms with Gasteiger partial charge in [-0.15, -0.1) is 0 Å². The number of aromatic nitrogens is 1. The van der Waals surface area contributed by atoms with E-state index in [1.165, 1.54) is 12.3 Å². The Balaban J connectivity index is 2.15. The van der Waals surface area contributed by atoms with Crippen LogP contribution < -0.4 is 10.1 Å². The number of rotatable bonds is 2. The third kappa shape index (κ3) is 2.62. The van der Waals surface area contributed by atoms with Crippen molar-refractivity contribution in [1.82, 2.24) is 10.3 Å². The van der Waals surface area contributed by atoms with Crippen molar-refractivity contribution in [3.05, 3.63) is 23.2 Å². The lowest BCUT2D eigenvalue weighted by atomic mass is 9.94. The third-order valence-corrected chi connectivity index (χ3v) is 3.00. The summed E-state index contributed by atoms with van der Waals surface area (Å²) in [6, 6.07) is 1.47. The van der Waals surface area contributed by atoms with Gasteiger partial charge in [0.1, 0.15) is 5.60 Å². The van der Waals surface area contributed by atoms with Gasteiger partial charge in [-0.2, -0.15) is 4.39 Å². The molecule has 1 aliphatic heterocycles. The van der Waals surface area contributed by atoms with E-state index in [0.717, 1.165) is 25.9 Å². The monoisotopic (exact) mass is 244 g/mol. The third-order valence-electron chi connectivity index (χ3n) is 2.79. The molecule has 3 nitrogen and oxygen atoms in total. The molecule has 1 fully saturated rings. The molecule has 1 aromatic rings. The van der Waals surface area contributed by atoms with Crippen molar-refractivity contribution < 1.29 is 9.13 Å². The van der Waals surface area contributed by atoms with Crippen molar-refractivity contribution in [3.63, 3.8) is 0 Å². The van der Waals surface area contributed by atoms with E-state index in [-0.39, 0.29) is 11.4 Å². The SMILES string of the molecule is CC1(Oc2cc(Cl)cnc2F)CCNCC1. The summed E-state index contributed by atoms with van der Waals surface area (Å²) in [7, 11) is 0. The van der Waals surface area contributed by atoms with E-state index in [9.17, 15) is 4.39 Å². The molecule has 1 aliphatic rings. The highest BCUT2D eigenvalue weighted by molar-refractivity contribution is 6.30. The highest BCUT2D eigenvalue weighted by Crippen LogP contribution is 2.28. The van der Waals surface area contributed by atoms with E-state index in [4.69, 9.17) is 16.3 Å². The predicted molar refractivity (Wildman–Crippen MR) is 60.3 cm³/mol. The highest BCUT2D eigenvalue weighted by Gasteiger charge is 2.29. The Morgan fingerprint density at radius 2 is 2.19 bits per heavy atom. The van der Waals surface area contributed by atoms with Crippen molar-refractivity contribution >= 4 is 11.6 Å². The van der Waals surface area contributed by atoms with Gasteiger partial charge in [0, 0.05) is 12.3 Å². The van der Waals surface area contributed by atoms with E-state index in [2.05, 4.69) is 10.3 Å². The molecule has 0 unspecified atom stereocenters. The van der Waals surface area contributed by atoms with Gasteiger partial charge in [0.05, 0.1) is 5.02 Å². The van der Waals surface area contributed by atoms with Crippen LogP contribution in [0.5, 0.6) is 5.75 Å². The Bertz CT molecular complexity index is 380. The molecule has 0 atom stereocenters. The summed E-state index contributed by atoms with van der Waals surface area (Å²) in [5, 5.41) is 3.62. The van der Waals surface area contributed by atoms with E-state index >= 15 is 0 Å². The molecule has 0 bridgehead atoms. The van der Waals surface area contributed by atoms with Crippen LogP contribution in [0.3, 0.4) is 0 Å². The average molecular weight is 245 g/mol. The van der Waals surface area contributed by atoms with E-state index < -0.39 is 5.95 Å². The zero-order valence-electron chi connectivity index (χ0n) is 9.09. The van der Waals surface area contributed by atoms with Crippen molar-refractivity contribution in [2.75, 3.05) is 13.1 Å². The van der Waals surface area contributed by atoms with Gasteiger partial charge in [-0.25, -0.2) is 4.98 Å². The van der Waals surface area contributed by atoms with Gasteiger partial charge in [-0.05, 0) is 32.9 Å². The zero-order chi connectivity index (χ0) is 11.6. The quantitative estimate of drug-likeness (QED) is 0.812. The van der Waals surface area contributed by atoms with Crippen molar-refractivity contribution in [3.8, 4) is 5.75 Å². The molecule has 0 spiro atoms. The summed E-state index contributed by atoms with van der Waals surface area (Å²) < 4.78 is 19.1. The molecule has 0 radical (unpaired) electrons. The molecule has 5 heteroatoms. The van der Waals surface area contributed by atoms with Crippen LogP contribution in [0.1, 0.15) is 19.8 Å². The number of hydrogen-bond donors (Lipinski definition) is 1. The van der Waals surface area contributed by atoms with Crippen molar-refractivity contribution in [2.45, 2.75) is 25.4 Å². The predicted octanol–water partition coefficient (Wildman–Crippen LogP) is 2.39. The van der Waals surface area contributed by atoms with Gasteiger partial charge < -0.3 is 10.1 Å². The van der Waals surface area contributed by atoms with Crippen LogP contribution in [-0.2, 0) is 0 Å². The Labute approximate surface area is 99.0 Å². The standard InChI is InChI=1S/C11H14ClFN2O/c1-11(2-4-14-5-3-11)16-9-6-8(12)7-15-10(9)13/h6-7,14H,2-5H2,1H3. The highest BCUT2D eigenvalue weighted by atomic mass is 35.5. The number of ether oxygens (including phenoxy) is 1. The Kier molecular flexibility index (Phi) is 3.30. The number of nitrogens with zero attached hydrogens (tertiary/aromatic N) is 1. The lowest BCUT2D eigenvalue weighted by molar-refractivity contribution is 0.0505. The van der Waals surface area contributed by atoms with Gasteiger partial charge in [0.25, 0.3) is 5.95 Å². The molecular formula is C11H14ClFN2O. The number of pyridine rings is 1. The van der Waals surface area contributed by atoms with Crippen LogP contribution in [0.15, 0.2) is 12.3 Å². The van der Waals surface area contributed by atoms with Gasteiger partial charge in [-0.1, -0.05) is 11.6 Å². The maximum Gasteiger partial charge on any atom is 0.255 e. The van der Waals surface area contributed by atoms with Gasteiger partial charge in [0.2, 0.25) is 0 Å². The molecule has 16 heavy (non-hydrogen) atoms. The van der Waals surface area contributed by atoms with Crippen LogP contribution in [-0.4, -0.2) is 23.7 Å². The molecule has 0 amide bonds. The Hall–Kier alpha value is -0.870. The molecule has 2 heterocycles. The van der Waals surface area contributed by atoms with Crippen LogP contribution in [0.4, 0.5) is 4.39 Å². The molecule has 0 aromatic carbocycles. The molecule has 88 valence electrons. The minimum atomic E-state index is -0.607. The molecular weight excluding hydrogens is 231 g/mol. The first-order chi connectivity index (χ1) is 7.59. The average Bonchev–Trinajstić information content (AvgIpc) is 2.24. The lowest BCUT2D eigenvalue weighted by Crippen LogP contribution is -2.44. The molecule has 1 saturated heterocycles. The first kappa shape index (κ1) is 11.6. The van der Waals surface area contributed by atoms with Crippen LogP contribution in [0, 0.1) is 5.95 Å². The van der Waals surface area contributed by atoms with Gasteiger partial charge in [0.15, 0.2) is 5.75 Å². The smallest absolute Gasteiger partial charge is 0.255 e. The fourth-order valence-electron chi connectivity index (χ4n) is 1.80. The summed E-state index contributed by atoms with van der Waals surface area (Å²) in [6.07, 6.45) is 2.96. The normalized spacial score (nSPS) is 19.4. The zero-order valence-corrected chi connectivity index (χ0v) is 9.85. The lowest BCUT2D eigenvalue weighted by Gasteiger charge is -2.34. The maximum atomic E-state index is 13.4. The molecule has 0 saturated carbocycles. The number of halogens is 2. The topological polar surface area (TPSA) is 34.1 Å². The second kappa shape index (κ2) is 4.55. The fraction of sp³-hybridized carbons (Fsp3) is 0.545. The number of nitrogens with one attached hydrogen (secondary N) is 1. The molecule has 1 aromatic heterocycles. The summed E-state index contributed by atoms with van der Waals surface area (Å²) in [5.74, 6) is -0.471. The van der Waals surface area contributed by atoms with Gasteiger partial charge in [-0.3, -0.25) is 0 Å². The van der Waals surface area contributed by atoms with E-state index in [1.807, 2.05) is 6.92 Å². The summed E-state index contributed by atoms with van der Waals surface area (Å²) in [5.41, 5.74) is -0.335. The maximum absolute atomic E-state index is 13.4. The van der Waals surface area contributed by atoms with Crippen LogP contribution >= 0.6 is 11.6 Å². The molecule has 1 N–H and O–H groups in total. The van der Waals surface area contributed by atoms with Crippen LogP contribution in [0.25, 0.3) is 0 Å². The second-order valence-corrected chi connectivity index (χ2v) is 4.68. The second-order valence-electron chi connectivity index (χ2n) is 4.24. The summed E-state index contributed by atoms with van der Waals surface area (Å²) >= 11 is 5.76. The van der Waals surface area contributed by atoms with Crippen molar-refractivity contribution in [1.29, 1.82) is 0 Å². The van der Waals surface area contributed by atoms with E-state index in [0.29, 0.717) is 5.02 Å². The minimum Gasteiger partial charge on any atom is -0.483 e. The number of hydrogen-bond acceptors (Lipinski definition) is 3. The van der Waals surface area contributed by atoms with E-state index in [1.54, 1.807) is 0 Å². The minimum absolute atomic E-state index is 0.136. The first-order valence-corrected chi connectivity index (χ1v) is 5.68. The fourth-order valence-corrected chi connectivity index (χ4v) is 1.95. The molecule has 0 aliphatic carbocycles. The summed E-state index contributed by atoms with van der Waals surface area (Å²) in [6.45, 7) is 3.74. The Morgan fingerprint density at radius 1 is 1.50 bits per heavy atom. The Morgan fingerprint density at radius 3 is 2.88 bits per heavy atom. The number of piperidine rings is 1. The van der Waals surface area contributed by atoms with Gasteiger partial charge >= 0.3 is 0 Å².